The number of likely N-dealkylation sites (tertiary alicyclic amines) is 1. The summed E-state index contributed by atoms with van der Waals surface area (Å²) in [7, 11) is 2.05. The number of ether oxygens (including phenoxy) is 1. The van der Waals surface area contributed by atoms with E-state index in [4.69, 9.17) is 4.74 Å². The second-order valence-electron chi connectivity index (χ2n) is 5.16. The fraction of sp³-hybridized carbons (Fsp3) is 0.467. The summed E-state index contributed by atoms with van der Waals surface area (Å²) in [4.78, 5) is 20.4. The molecule has 1 unspecified atom stereocenters. The molecule has 2 aromatic rings. The molecule has 0 bridgehead atoms. The number of hydrogen-bond donors (Lipinski definition) is 0. The molecule has 21 heavy (non-hydrogen) atoms. The van der Waals surface area contributed by atoms with Crippen molar-refractivity contribution in [3.05, 3.63) is 24.3 Å². The topological polar surface area (TPSA) is 45.7 Å². The molecule has 1 aromatic carbocycles. The molecule has 1 aliphatic rings. The molecule has 0 aliphatic carbocycles. The zero-order valence-electron chi connectivity index (χ0n) is 12.3. The van der Waals surface area contributed by atoms with E-state index in [1.807, 2.05) is 25.1 Å². The van der Waals surface area contributed by atoms with Gasteiger partial charge in [0.1, 0.15) is 0 Å². The molecule has 1 aliphatic heterocycles. The van der Waals surface area contributed by atoms with Gasteiger partial charge in [0.2, 0.25) is 0 Å². The normalized spacial score (nSPS) is 18.2. The number of likely N-dealkylation sites (N-methyl/N-ethyl adjacent to an activating group) is 1. The zero-order chi connectivity index (χ0) is 14.8. The van der Waals surface area contributed by atoms with Crippen LogP contribution in [0, 0.1) is 0 Å². The second-order valence-corrected chi connectivity index (χ2v) is 6.17. The molecule has 1 atom stereocenters. The summed E-state index contributed by atoms with van der Waals surface area (Å²) in [6, 6.07) is 8.45. The van der Waals surface area contributed by atoms with Crippen molar-refractivity contribution in [2.24, 2.45) is 0 Å². The number of rotatable bonds is 3. The number of amides is 1. The van der Waals surface area contributed by atoms with Crippen molar-refractivity contribution >= 4 is 32.8 Å². The van der Waals surface area contributed by atoms with Crippen molar-refractivity contribution in [1.29, 1.82) is 0 Å². The van der Waals surface area contributed by atoms with E-state index in [0.29, 0.717) is 19.2 Å². The van der Waals surface area contributed by atoms with Crippen LogP contribution in [0.5, 0.6) is 0 Å². The van der Waals surface area contributed by atoms with Gasteiger partial charge in [-0.25, -0.2) is 9.78 Å². The first-order valence-electron chi connectivity index (χ1n) is 7.19. The molecule has 5 nitrogen and oxygen atoms in total. The van der Waals surface area contributed by atoms with Gasteiger partial charge in [0.15, 0.2) is 5.13 Å². The van der Waals surface area contributed by atoms with E-state index in [2.05, 4.69) is 23.0 Å². The standard InChI is InChI=1S/C15H19N3O2S/c1-3-20-15(19)18-9-8-11(10-18)17(2)14-16-12-6-4-5-7-13(12)21-14/h4-7,11H,3,8-10H2,1-2H3. The number of fused-ring (bicyclic) bond motifs is 1. The highest BCUT2D eigenvalue weighted by Gasteiger charge is 2.30. The van der Waals surface area contributed by atoms with Crippen LogP contribution in [0.2, 0.25) is 0 Å². The van der Waals surface area contributed by atoms with Gasteiger partial charge in [0.25, 0.3) is 0 Å². The number of para-hydroxylation sites is 1. The molecule has 1 aromatic heterocycles. The van der Waals surface area contributed by atoms with Gasteiger partial charge in [-0.2, -0.15) is 0 Å². The van der Waals surface area contributed by atoms with Crippen molar-refractivity contribution in [2.75, 3.05) is 31.6 Å². The molecule has 0 radical (unpaired) electrons. The quantitative estimate of drug-likeness (QED) is 0.874. The molecule has 112 valence electrons. The summed E-state index contributed by atoms with van der Waals surface area (Å²) in [6.45, 7) is 3.70. The third kappa shape index (κ3) is 2.81. The molecule has 0 saturated carbocycles. The lowest BCUT2D eigenvalue weighted by molar-refractivity contribution is 0.115. The lowest BCUT2D eigenvalue weighted by atomic mass is 10.2. The molecule has 3 rings (SSSR count). The van der Waals surface area contributed by atoms with Crippen molar-refractivity contribution in [3.63, 3.8) is 0 Å². The Hall–Kier alpha value is -1.82. The molecule has 1 amide bonds. The summed E-state index contributed by atoms with van der Waals surface area (Å²) in [5, 5.41) is 1.01. The Labute approximate surface area is 128 Å². The van der Waals surface area contributed by atoms with Crippen LogP contribution in [0.3, 0.4) is 0 Å². The number of nitrogens with zero attached hydrogens (tertiary/aromatic N) is 3. The van der Waals surface area contributed by atoms with Gasteiger partial charge in [-0.05, 0) is 25.5 Å². The Balaban J connectivity index is 1.71. The maximum Gasteiger partial charge on any atom is 0.409 e. The average molecular weight is 305 g/mol. The van der Waals surface area contributed by atoms with E-state index < -0.39 is 0 Å². The molecule has 0 spiro atoms. The van der Waals surface area contributed by atoms with E-state index in [9.17, 15) is 4.79 Å². The number of benzene rings is 1. The number of carbonyl (C=O) groups excluding carboxylic acids is 1. The first-order valence-corrected chi connectivity index (χ1v) is 8.00. The van der Waals surface area contributed by atoms with Gasteiger partial charge >= 0.3 is 6.09 Å². The highest BCUT2D eigenvalue weighted by atomic mass is 32.1. The van der Waals surface area contributed by atoms with E-state index in [1.54, 1.807) is 16.2 Å². The lowest BCUT2D eigenvalue weighted by Crippen LogP contribution is -2.36. The van der Waals surface area contributed by atoms with E-state index in [1.165, 1.54) is 4.70 Å². The Morgan fingerprint density at radius 1 is 1.52 bits per heavy atom. The molecule has 1 fully saturated rings. The first-order chi connectivity index (χ1) is 10.2. The highest BCUT2D eigenvalue weighted by Crippen LogP contribution is 2.30. The number of anilines is 1. The molecular formula is C15H19N3O2S. The molecule has 2 heterocycles. The number of hydrogen-bond acceptors (Lipinski definition) is 5. The largest absolute Gasteiger partial charge is 0.450 e. The molecular weight excluding hydrogens is 286 g/mol. The summed E-state index contributed by atoms with van der Waals surface area (Å²) in [6.07, 6.45) is 0.739. The number of carbonyl (C=O) groups is 1. The summed E-state index contributed by atoms with van der Waals surface area (Å²) in [5.74, 6) is 0. The fourth-order valence-corrected chi connectivity index (χ4v) is 3.60. The highest BCUT2D eigenvalue weighted by molar-refractivity contribution is 7.22. The van der Waals surface area contributed by atoms with Gasteiger partial charge in [-0.15, -0.1) is 0 Å². The first kappa shape index (κ1) is 14.1. The number of thiazole rings is 1. The molecule has 6 heteroatoms. The SMILES string of the molecule is CCOC(=O)N1CCC(N(C)c2nc3ccccc3s2)C1. The monoisotopic (exact) mass is 305 g/mol. The van der Waals surface area contributed by atoms with Gasteiger partial charge in [0, 0.05) is 20.1 Å². The van der Waals surface area contributed by atoms with Crippen LogP contribution >= 0.6 is 11.3 Å². The predicted molar refractivity (Wildman–Crippen MR) is 85.0 cm³/mol. The van der Waals surface area contributed by atoms with Crippen LogP contribution in [0.4, 0.5) is 9.93 Å². The smallest absolute Gasteiger partial charge is 0.409 e. The second kappa shape index (κ2) is 5.89. The van der Waals surface area contributed by atoms with Crippen molar-refractivity contribution < 1.29 is 9.53 Å². The van der Waals surface area contributed by atoms with E-state index >= 15 is 0 Å². The van der Waals surface area contributed by atoms with Crippen LogP contribution in [-0.2, 0) is 4.74 Å². The Bertz CT molecular complexity index is 610. The zero-order valence-corrected chi connectivity index (χ0v) is 13.1. The minimum Gasteiger partial charge on any atom is -0.450 e. The lowest BCUT2D eigenvalue weighted by Gasteiger charge is -2.23. The number of aromatic nitrogens is 1. The predicted octanol–water partition coefficient (Wildman–Crippen LogP) is 2.96. The van der Waals surface area contributed by atoms with Crippen LogP contribution in [0.25, 0.3) is 10.2 Å². The van der Waals surface area contributed by atoms with Crippen LogP contribution < -0.4 is 4.90 Å². The van der Waals surface area contributed by atoms with Gasteiger partial charge < -0.3 is 14.5 Å². The Kier molecular flexibility index (Phi) is 3.96. The third-order valence-electron chi connectivity index (χ3n) is 3.82. The van der Waals surface area contributed by atoms with Crippen LogP contribution in [0.15, 0.2) is 24.3 Å². The Morgan fingerprint density at radius 3 is 3.10 bits per heavy atom. The Morgan fingerprint density at radius 2 is 2.33 bits per heavy atom. The van der Waals surface area contributed by atoms with Crippen LogP contribution in [0.1, 0.15) is 13.3 Å². The molecule has 0 N–H and O–H groups in total. The third-order valence-corrected chi connectivity index (χ3v) is 4.95. The summed E-state index contributed by atoms with van der Waals surface area (Å²) >= 11 is 1.69. The van der Waals surface area contributed by atoms with E-state index in [0.717, 1.165) is 23.6 Å². The summed E-state index contributed by atoms with van der Waals surface area (Å²) in [5.41, 5.74) is 1.03. The van der Waals surface area contributed by atoms with Gasteiger partial charge in [-0.1, -0.05) is 23.5 Å². The maximum absolute atomic E-state index is 11.8. The maximum atomic E-state index is 11.8. The van der Waals surface area contributed by atoms with Crippen molar-refractivity contribution in [3.8, 4) is 0 Å². The minimum absolute atomic E-state index is 0.210. The minimum atomic E-state index is -0.210. The van der Waals surface area contributed by atoms with E-state index in [-0.39, 0.29) is 6.09 Å². The van der Waals surface area contributed by atoms with Gasteiger partial charge in [-0.3, -0.25) is 0 Å². The van der Waals surface area contributed by atoms with Crippen molar-refractivity contribution in [2.45, 2.75) is 19.4 Å². The summed E-state index contributed by atoms with van der Waals surface area (Å²) < 4.78 is 6.26. The molecule has 1 saturated heterocycles. The fourth-order valence-electron chi connectivity index (χ4n) is 2.61. The van der Waals surface area contributed by atoms with Crippen molar-refractivity contribution in [1.82, 2.24) is 9.88 Å². The average Bonchev–Trinajstić information content (AvgIpc) is 3.13. The van der Waals surface area contributed by atoms with Crippen LogP contribution in [-0.4, -0.2) is 48.8 Å². The van der Waals surface area contributed by atoms with Gasteiger partial charge in [0.05, 0.1) is 22.9 Å².